The van der Waals surface area contributed by atoms with Crippen molar-refractivity contribution in [3.63, 3.8) is 0 Å². The number of halogens is 1. The first kappa shape index (κ1) is 24.8. The zero-order chi connectivity index (χ0) is 24.9. The van der Waals surface area contributed by atoms with Crippen molar-refractivity contribution in [1.29, 1.82) is 5.26 Å². The SMILES string of the molecule is Cc1ccc(-c2c(-c3ccc(C#N)c(F)c3)cc(C(=O)C3CCC[C@@H](N)CC3)n2CCCO)cc1. The second kappa shape index (κ2) is 11.0. The second-order valence-corrected chi connectivity index (χ2v) is 9.52. The van der Waals surface area contributed by atoms with Gasteiger partial charge < -0.3 is 15.4 Å². The molecular weight excluding hydrogens is 441 g/mol. The number of benzene rings is 2. The average Bonchev–Trinajstić information content (AvgIpc) is 3.09. The van der Waals surface area contributed by atoms with E-state index in [9.17, 15) is 19.6 Å². The number of ketones is 1. The molecule has 0 amide bonds. The fourth-order valence-corrected chi connectivity index (χ4v) is 5.03. The van der Waals surface area contributed by atoms with Crippen LogP contribution in [0.1, 0.15) is 60.1 Å². The van der Waals surface area contributed by atoms with Gasteiger partial charge >= 0.3 is 0 Å². The molecule has 1 saturated carbocycles. The molecule has 1 aromatic heterocycles. The third-order valence-electron chi connectivity index (χ3n) is 7.00. The number of Topliss-reactive ketones (excluding diaryl/α,β-unsaturated/α-hetero) is 1. The van der Waals surface area contributed by atoms with E-state index in [-0.39, 0.29) is 29.9 Å². The van der Waals surface area contributed by atoms with Crippen LogP contribution in [0.4, 0.5) is 4.39 Å². The maximum atomic E-state index is 14.6. The Balaban J connectivity index is 1.90. The summed E-state index contributed by atoms with van der Waals surface area (Å²) in [6, 6.07) is 16.5. The van der Waals surface area contributed by atoms with Crippen LogP contribution >= 0.6 is 0 Å². The molecule has 5 nitrogen and oxygen atoms in total. The zero-order valence-corrected chi connectivity index (χ0v) is 20.1. The summed E-state index contributed by atoms with van der Waals surface area (Å²) in [6.45, 7) is 2.47. The number of aromatic nitrogens is 1. The summed E-state index contributed by atoms with van der Waals surface area (Å²) in [7, 11) is 0. The summed E-state index contributed by atoms with van der Waals surface area (Å²) >= 11 is 0. The summed E-state index contributed by atoms with van der Waals surface area (Å²) in [6.07, 6.45) is 4.73. The van der Waals surface area contributed by atoms with Crippen LogP contribution in [0, 0.1) is 30.0 Å². The van der Waals surface area contributed by atoms with Crippen molar-refractivity contribution in [1.82, 2.24) is 4.57 Å². The van der Waals surface area contributed by atoms with Crippen molar-refractivity contribution in [2.45, 2.75) is 58.0 Å². The predicted molar refractivity (Wildman–Crippen MR) is 135 cm³/mol. The van der Waals surface area contributed by atoms with Crippen LogP contribution in [-0.2, 0) is 6.54 Å². The molecule has 1 unspecified atom stereocenters. The van der Waals surface area contributed by atoms with Crippen LogP contribution in [0.3, 0.4) is 0 Å². The van der Waals surface area contributed by atoms with Gasteiger partial charge in [-0.3, -0.25) is 4.79 Å². The lowest BCUT2D eigenvalue weighted by Gasteiger charge is -2.18. The lowest BCUT2D eigenvalue weighted by atomic mass is 9.93. The van der Waals surface area contributed by atoms with Gasteiger partial charge in [0.25, 0.3) is 0 Å². The first-order valence-corrected chi connectivity index (χ1v) is 12.3. The molecule has 4 rings (SSSR count). The van der Waals surface area contributed by atoms with Gasteiger partial charge in [-0.15, -0.1) is 0 Å². The molecular formula is C29H32FN3O2. The Kier molecular flexibility index (Phi) is 7.80. The van der Waals surface area contributed by atoms with E-state index in [1.54, 1.807) is 6.07 Å². The summed E-state index contributed by atoms with van der Waals surface area (Å²) < 4.78 is 16.6. The van der Waals surface area contributed by atoms with Gasteiger partial charge in [-0.25, -0.2) is 4.39 Å². The van der Waals surface area contributed by atoms with Crippen LogP contribution in [0.2, 0.25) is 0 Å². The van der Waals surface area contributed by atoms with E-state index in [0.29, 0.717) is 24.2 Å². The second-order valence-electron chi connectivity index (χ2n) is 9.52. The molecule has 0 spiro atoms. The molecule has 6 heteroatoms. The van der Waals surface area contributed by atoms with Gasteiger partial charge in [0.05, 0.1) is 17.0 Å². The van der Waals surface area contributed by atoms with Crippen molar-refractivity contribution in [3.05, 3.63) is 71.2 Å². The van der Waals surface area contributed by atoms with Gasteiger partial charge in [-0.2, -0.15) is 5.26 Å². The maximum absolute atomic E-state index is 14.6. The van der Waals surface area contributed by atoms with Gasteiger partial charge in [0.2, 0.25) is 0 Å². The normalized spacial score (nSPS) is 18.1. The Morgan fingerprint density at radius 1 is 1.11 bits per heavy atom. The van der Waals surface area contributed by atoms with Crippen molar-refractivity contribution in [3.8, 4) is 28.5 Å². The third kappa shape index (κ3) is 5.37. The minimum atomic E-state index is -0.589. The molecule has 3 aromatic rings. The predicted octanol–water partition coefficient (Wildman–Crippen LogP) is 5.61. The van der Waals surface area contributed by atoms with E-state index in [4.69, 9.17) is 5.73 Å². The minimum absolute atomic E-state index is 0.00173. The molecule has 1 aliphatic carbocycles. The standard InChI is InChI=1S/C29H32FN3O2/c1-19-6-8-20(9-7-19)28-25(22-10-11-23(18-31)26(30)16-22)17-27(33(28)14-3-15-34)29(35)21-4-2-5-24(32)13-12-21/h6-11,16-17,21,24,34H,2-5,12-15,32H2,1H3/t21?,24-/m1/s1. The quantitative estimate of drug-likeness (QED) is 0.344. The Morgan fingerprint density at radius 2 is 1.86 bits per heavy atom. The van der Waals surface area contributed by atoms with Crippen molar-refractivity contribution < 1.29 is 14.3 Å². The number of nitrogens with zero attached hydrogens (tertiary/aromatic N) is 2. The van der Waals surface area contributed by atoms with Crippen LogP contribution in [-0.4, -0.2) is 28.1 Å². The van der Waals surface area contributed by atoms with E-state index >= 15 is 0 Å². The Hall–Kier alpha value is -3.27. The van der Waals surface area contributed by atoms with Gasteiger partial charge in [-0.1, -0.05) is 42.3 Å². The molecule has 1 fully saturated rings. The van der Waals surface area contributed by atoms with E-state index in [1.165, 1.54) is 12.1 Å². The molecule has 2 aromatic carbocycles. The molecule has 0 bridgehead atoms. The topological polar surface area (TPSA) is 92.0 Å². The number of hydrogen-bond donors (Lipinski definition) is 2. The number of carbonyl (C=O) groups is 1. The Morgan fingerprint density at radius 3 is 2.54 bits per heavy atom. The lowest BCUT2D eigenvalue weighted by Crippen LogP contribution is -2.21. The highest BCUT2D eigenvalue weighted by Gasteiger charge is 2.29. The molecule has 0 saturated heterocycles. The fourth-order valence-electron chi connectivity index (χ4n) is 5.03. The summed E-state index contributed by atoms with van der Waals surface area (Å²) in [5.41, 5.74) is 10.9. The Bertz CT molecular complexity index is 1240. The molecule has 1 heterocycles. The zero-order valence-electron chi connectivity index (χ0n) is 20.1. The number of aryl methyl sites for hydroxylation is 1. The number of carbonyl (C=O) groups excluding carboxylic acids is 1. The highest BCUT2D eigenvalue weighted by Crippen LogP contribution is 2.38. The summed E-state index contributed by atoms with van der Waals surface area (Å²) in [5, 5.41) is 18.8. The number of aliphatic hydroxyl groups is 1. The molecule has 0 aliphatic heterocycles. The Labute approximate surface area is 206 Å². The number of hydrogen-bond acceptors (Lipinski definition) is 4. The molecule has 2 atom stereocenters. The smallest absolute Gasteiger partial charge is 0.182 e. The van der Waals surface area contributed by atoms with Crippen molar-refractivity contribution in [2.75, 3.05) is 6.61 Å². The first-order valence-electron chi connectivity index (χ1n) is 12.3. The van der Waals surface area contributed by atoms with Gasteiger partial charge in [-0.05, 0) is 68.4 Å². The van der Waals surface area contributed by atoms with Crippen LogP contribution in [0.15, 0.2) is 48.5 Å². The third-order valence-corrected chi connectivity index (χ3v) is 7.00. The maximum Gasteiger partial charge on any atom is 0.182 e. The van der Waals surface area contributed by atoms with Crippen molar-refractivity contribution in [2.24, 2.45) is 11.7 Å². The summed E-state index contributed by atoms with van der Waals surface area (Å²) in [5.74, 6) is -0.623. The number of nitrogens with two attached hydrogens (primary N) is 1. The monoisotopic (exact) mass is 473 g/mol. The highest BCUT2D eigenvalue weighted by molar-refractivity contribution is 6.00. The fraction of sp³-hybridized carbons (Fsp3) is 0.379. The minimum Gasteiger partial charge on any atom is -0.396 e. The molecule has 35 heavy (non-hydrogen) atoms. The van der Waals surface area contributed by atoms with Crippen LogP contribution in [0.25, 0.3) is 22.4 Å². The molecule has 0 radical (unpaired) electrons. The average molecular weight is 474 g/mol. The molecule has 1 aliphatic rings. The molecule has 3 N–H and O–H groups in total. The largest absolute Gasteiger partial charge is 0.396 e. The van der Waals surface area contributed by atoms with Crippen LogP contribution < -0.4 is 5.73 Å². The lowest BCUT2D eigenvalue weighted by molar-refractivity contribution is 0.0897. The summed E-state index contributed by atoms with van der Waals surface area (Å²) in [4.78, 5) is 13.9. The van der Waals surface area contributed by atoms with E-state index < -0.39 is 5.82 Å². The number of nitriles is 1. The van der Waals surface area contributed by atoms with E-state index in [2.05, 4.69) is 0 Å². The first-order chi connectivity index (χ1) is 16.9. The number of rotatable bonds is 7. The number of aliphatic hydroxyl groups excluding tert-OH is 1. The van der Waals surface area contributed by atoms with Crippen LogP contribution in [0.5, 0.6) is 0 Å². The van der Waals surface area contributed by atoms with Gasteiger partial charge in [0.1, 0.15) is 11.9 Å². The van der Waals surface area contributed by atoms with Crippen molar-refractivity contribution >= 4 is 5.78 Å². The molecule has 182 valence electrons. The highest BCUT2D eigenvalue weighted by atomic mass is 19.1. The van der Waals surface area contributed by atoms with Gasteiger partial charge in [0.15, 0.2) is 5.78 Å². The van der Waals surface area contributed by atoms with E-state index in [1.807, 2.05) is 47.9 Å². The van der Waals surface area contributed by atoms with E-state index in [0.717, 1.165) is 54.5 Å². The van der Waals surface area contributed by atoms with Gasteiger partial charge in [0, 0.05) is 30.7 Å².